The number of rotatable bonds is 5. The van der Waals surface area contributed by atoms with Gasteiger partial charge in [0.1, 0.15) is 5.82 Å². The molecule has 1 rings (SSSR count). The molecule has 7 heteroatoms. The van der Waals surface area contributed by atoms with Gasteiger partial charge in [0.2, 0.25) is 5.91 Å². The normalized spacial score (nSPS) is 9.84. The summed E-state index contributed by atoms with van der Waals surface area (Å²) in [6, 6.07) is 2.24. The molecule has 0 saturated heterocycles. The molecular weight excluding hydrogens is 253 g/mol. The Morgan fingerprint density at radius 2 is 2.11 bits per heavy atom. The van der Waals surface area contributed by atoms with E-state index in [1.807, 2.05) is 0 Å². The number of halogens is 1. The summed E-state index contributed by atoms with van der Waals surface area (Å²) in [5, 5.41) is 4.96. The molecule has 104 valence electrons. The van der Waals surface area contributed by atoms with E-state index in [1.54, 1.807) is 6.92 Å². The Morgan fingerprint density at radius 1 is 1.42 bits per heavy atom. The number of hydrogen-bond acceptors (Lipinski definition) is 5. The van der Waals surface area contributed by atoms with Crippen LogP contribution in [-0.4, -0.2) is 32.1 Å². The van der Waals surface area contributed by atoms with E-state index < -0.39 is 11.8 Å². The number of benzene rings is 1. The minimum Gasteiger partial charge on any atom is -0.462 e. The fraction of sp³-hybridized carbons (Fsp3) is 0.333. The van der Waals surface area contributed by atoms with Crippen molar-refractivity contribution in [2.24, 2.45) is 0 Å². The van der Waals surface area contributed by atoms with E-state index in [4.69, 9.17) is 10.5 Å². The predicted molar refractivity (Wildman–Crippen MR) is 69.3 cm³/mol. The first-order valence-corrected chi connectivity index (χ1v) is 5.70. The van der Waals surface area contributed by atoms with E-state index in [0.717, 1.165) is 6.07 Å². The van der Waals surface area contributed by atoms with Gasteiger partial charge in [-0.2, -0.15) is 0 Å². The highest BCUT2D eigenvalue weighted by atomic mass is 19.1. The molecule has 0 radical (unpaired) electrons. The van der Waals surface area contributed by atoms with Crippen molar-refractivity contribution >= 4 is 23.3 Å². The van der Waals surface area contributed by atoms with Crippen LogP contribution in [0.5, 0.6) is 0 Å². The molecule has 0 spiro atoms. The number of anilines is 2. The molecule has 1 aromatic rings. The lowest BCUT2D eigenvalue weighted by Gasteiger charge is -2.11. The third kappa shape index (κ3) is 3.84. The van der Waals surface area contributed by atoms with Crippen LogP contribution in [-0.2, 0) is 9.53 Å². The molecular formula is C12H16FN3O3. The molecule has 0 bridgehead atoms. The molecule has 0 atom stereocenters. The Balaban J connectivity index is 2.96. The zero-order chi connectivity index (χ0) is 14.4. The highest BCUT2D eigenvalue weighted by Gasteiger charge is 2.15. The lowest BCUT2D eigenvalue weighted by atomic mass is 10.1. The second-order valence-corrected chi connectivity index (χ2v) is 3.67. The van der Waals surface area contributed by atoms with Gasteiger partial charge in [0.05, 0.1) is 24.4 Å². The molecule has 0 aromatic heterocycles. The van der Waals surface area contributed by atoms with Crippen LogP contribution in [0, 0.1) is 5.82 Å². The molecule has 6 nitrogen and oxygen atoms in total. The maximum atomic E-state index is 13.6. The number of likely N-dealkylation sites (N-methyl/N-ethyl adjacent to an activating group) is 1. The molecule has 0 aliphatic carbocycles. The highest BCUT2D eigenvalue weighted by Crippen LogP contribution is 2.22. The summed E-state index contributed by atoms with van der Waals surface area (Å²) >= 11 is 0. The average molecular weight is 269 g/mol. The zero-order valence-corrected chi connectivity index (χ0v) is 10.7. The fourth-order valence-electron chi connectivity index (χ4n) is 1.37. The SMILES string of the molecule is CCOC(=O)c1cc(NCC(=O)NC)c(F)cc1N. The van der Waals surface area contributed by atoms with E-state index in [2.05, 4.69) is 10.6 Å². The quantitative estimate of drug-likeness (QED) is 0.541. The lowest BCUT2D eigenvalue weighted by Crippen LogP contribution is -2.26. The second kappa shape index (κ2) is 6.58. The maximum Gasteiger partial charge on any atom is 0.340 e. The van der Waals surface area contributed by atoms with Crippen LogP contribution in [0.2, 0.25) is 0 Å². The van der Waals surface area contributed by atoms with Crippen molar-refractivity contribution in [2.45, 2.75) is 6.92 Å². The molecule has 19 heavy (non-hydrogen) atoms. The van der Waals surface area contributed by atoms with Crippen molar-refractivity contribution in [1.29, 1.82) is 0 Å². The van der Waals surface area contributed by atoms with Crippen LogP contribution in [0.15, 0.2) is 12.1 Å². The summed E-state index contributed by atoms with van der Waals surface area (Å²) in [5.74, 6) is -1.59. The van der Waals surface area contributed by atoms with Crippen LogP contribution in [0.1, 0.15) is 17.3 Å². The van der Waals surface area contributed by atoms with Gasteiger partial charge in [0.15, 0.2) is 0 Å². The standard InChI is InChI=1S/C12H16FN3O3/c1-3-19-12(18)7-4-10(8(13)5-9(7)14)16-6-11(17)15-2/h4-5,16H,3,6,14H2,1-2H3,(H,15,17). The van der Waals surface area contributed by atoms with E-state index >= 15 is 0 Å². The summed E-state index contributed by atoms with van der Waals surface area (Å²) in [6.07, 6.45) is 0. The van der Waals surface area contributed by atoms with E-state index in [-0.39, 0.29) is 36.0 Å². The molecule has 0 aliphatic rings. The van der Waals surface area contributed by atoms with Gasteiger partial charge in [-0.1, -0.05) is 0 Å². The van der Waals surface area contributed by atoms with Crippen molar-refractivity contribution < 1.29 is 18.7 Å². The summed E-state index contributed by atoms with van der Waals surface area (Å²) < 4.78 is 18.4. The van der Waals surface area contributed by atoms with Gasteiger partial charge in [-0.25, -0.2) is 9.18 Å². The van der Waals surface area contributed by atoms with Crippen molar-refractivity contribution in [3.8, 4) is 0 Å². The molecule has 4 N–H and O–H groups in total. The number of amides is 1. The van der Waals surface area contributed by atoms with Gasteiger partial charge in [-0.15, -0.1) is 0 Å². The third-order valence-corrected chi connectivity index (χ3v) is 2.35. The van der Waals surface area contributed by atoms with Gasteiger partial charge in [0.25, 0.3) is 0 Å². The number of esters is 1. The molecule has 0 saturated carbocycles. The van der Waals surface area contributed by atoms with Crippen molar-refractivity contribution in [1.82, 2.24) is 5.32 Å². The number of nitrogen functional groups attached to an aromatic ring is 1. The Hall–Kier alpha value is -2.31. The number of nitrogens with two attached hydrogens (primary N) is 1. The van der Waals surface area contributed by atoms with Crippen LogP contribution < -0.4 is 16.4 Å². The monoisotopic (exact) mass is 269 g/mol. The van der Waals surface area contributed by atoms with Crippen LogP contribution in [0.25, 0.3) is 0 Å². The summed E-state index contributed by atoms with van der Waals surface area (Å²) in [6.45, 7) is 1.73. The number of carbonyl (C=O) groups is 2. The first-order chi connectivity index (χ1) is 8.99. The molecule has 0 aliphatic heterocycles. The fourth-order valence-corrected chi connectivity index (χ4v) is 1.37. The third-order valence-electron chi connectivity index (χ3n) is 2.35. The van der Waals surface area contributed by atoms with E-state index in [1.165, 1.54) is 13.1 Å². The molecule has 0 unspecified atom stereocenters. The van der Waals surface area contributed by atoms with Gasteiger partial charge in [-0.05, 0) is 19.1 Å². The van der Waals surface area contributed by atoms with Gasteiger partial charge in [-0.3, -0.25) is 4.79 Å². The predicted octanol–water partition coefficient (Wildman–Crippen LogP) is 0.742. The number of hydrogen-bond donors (Lipinski definition) is 3. The minimum atomic E-state index is -0.644. The van der Waals surface area contributed by atoms with Crippen molar-refractivity contribution in [3.63, 3.8) is 0 Å². The largest absolute Gasteiger partial charge is 0.462 e. The van der Waals surface area contributed by atoms with Crippen LogP contribution in [0.3, 0.4) is 0 Å². The first-order valence-electron chi connectivity index (χ1n) is 5.70. The summed E-state index contributed by atoms with van der Waals surface area (Å²) in [4.78, 5) is 22.7. The zero-order valence-electron chi connectivity index (χ0n) is 10.7. The van der Waals surface area contributed by atoms with Gasteiger partial charge in [0, 0.05) is 12.7 Å². The van der Waals surface area contributed by atoms with Crippen LogP contribution >= 0.6 is 0 Å². The number of nitrogens with one attached hydrogen (secondary N) is 2. The molecule has 0 fully saturated rings. The molecule has 1 amide bonds. The Kier molecular flexibility index (Phi) is 5.11. The van der Waals surface area contributed by atoms with Crippen LogP contribution in [0.4, 0.5) is 15.8 Å². The number of ether oxygens (including phenoxy) is 1. The van der Waals surface area contributed by atoms with Gasteiger partial charge < -0.3 is 21.1 Å². The van der Waals surface area contributed by atoms with Crippen molar-refractivity contribution in [2.75, 3.05) is 31.2 Å². The molecule has 1 aromatic carbocycles. The second-order valence-electron chi connectivity index (χ2n) is 3.67. The summed E-state index contributed by atoms with van der Waals surface area (Å²) in [7, 11) is 1.47. The topological polar surface area (TPSA) is 93.4 Å². The Morgan fingerprint density at radius 3 is 2.68 bits per heavy atom. The summed E-state index contributed by atoms with van der Waals surface area (Å²) in [5.41, 5.74) is 5.62. The van der Waals surface area contributed by atoms with Gasteiger partial charge >= 0.3 is 5.97 Å². The van der Waals surface area contributed by atoms with Crippen molar-refractivity contribution in [3.05, 3.63) is 23.5 Å². The first kappa shape index (κ1) is 14.7. The highest BCUT2D eigenvalue weighted by molar-refractivity contribution is 5.96. The minimum absolute atomic E-state index is 0.0126. The smallest absolute Gasteiger partial charge is 0.340 e. The number of carbonyl (C=O) groups excluding carboxylic acids is 2. The van der Waals surface area contributed by atoms with E-state index in [0.29, 0.717) is 0 Å². The Bertz CT molecular complexity index is 491. The average Bonchev–Trinajstić information content (AvgIpc) is 2.37. The van der Waals surface area contributed by atoms with E-state index in [9.17, 15) is 14.0 Å². The lowest BCUT2D eigenvalue weighted by molar-refractivity contribution is -0.118. The Labute approximate surface area is 110 Å². The molecule has 0 heterocycles. The maximum absolute atomic E-state index is 13.6.